The summed E-state index contributed by atoms with van der Waals surface area (Å²) in [5.74, 6) is 0.0386. The largest absolute Gasteiger partial charge is 0.341 e. The van der Waals surface area contributed by atoms with Crippen LogP contribution in [0.3, 0.4) is 0 Å². The van der Waals surface area contributed by atoms with E-state index in [1.54, 1.807) is 11.7 Å². The molecular formula is C15H26N4O3S. The molecular weight excluding hydrogens is 316 g/mol. The summed E-state index contributed by atoms with van der Waals surface area (Å²) in [6.07, 6.45) is 2.55. The van der Waals surface area contributed by atoms with Gasteiger partial charge in [-0.3, -0.25) is 9.48 Å². The van der Waals surface area contributed by atoms with Gasteiger partial charge in [0.25, 0.3) is 0 Å². The predicted octanol–water partition coefficient (Wildman–Crippen LogP) is 0.943. The van der Waals surface area contributed by atoms with Crippen LogP contribution >= 0.6 is 0 Å². The lowest BCUT2D eigenvalue weighted by Gasteiger charge is -2.36. The minimum absolute atomic E-state index is 0.0296. The highest BCUT2D eigenvalue weighted by Gasteiger charge is 2.31. The van der Waals surface area contributed by atoms with Gasteiger partial charge in [0.2, 0.25) is 15.9 Å². The Morgan fingerprint density at radius 2 is 1.91 bits per heavy atom. The molecule has 0 saturated carbocycles. The fourth-order valence-corrected chi connectivity index (χ4v) is 3.88. The highest BCUT2D eigenvalue weighted by molar-refractivity contribution is 7.88. The lowest BCUT2D eigenvalue weighted by molar-refractivity contribution is -0.135. The highest BCUT2D eigenvalue weighted by atomic mass is 32.2. The van der Waals surface area contributed by atoms with Gasteiger partial charge in [0, 0.05) is 31.9 Å². The summed E-state index contributed by atoms with van der Waals surface area (Å²) in [7, 11) is -1.58. The quantitative estimate of drug-likeness (QED) is 0.816. The van der Waals surface area contributed by atoms with Crippen molar-refractivity contribution < 1.29 is 13.2 Å². The Morgan fingerprint density at radius 3 is 2.35 bits per heavy atom. The number of carbonyl (C=O) groups is 1. The van der Waals surface area contributed by atoms with Crippen molar-refractivity contribution in [1.82, 2.24) is 19.0 Å². The molecule has 23 heavy (non-hydrogen) atoms. The first kappa shape index (κ1) is 17.9. The van der Waals surface area contributed by atoms with Crippen LogP contribution in [0.4, 0.5) is 0 Å². The van der Waals surface area contributed by atoms with E-state index in [9.17, 15) is 13.2 Å². The number of nitrogens with zero attached hydrogens (tertiary/aromatic N) is 4. The maximum atomic E-state index is 12.7. The predicted molar refractivity (Wildman–Crippen MR) is 88.6 cm³/mol. The van der Waals surface area contributed by atoms with E-state index in [2.05, 4.69) is 5.10 Å². The first-order valence-electron chi connectivity index (χ1n) is 7.86. The zero-order valence-corrected chi connectivity index (χ0v) is 15.3. The number of amides is 1. The normalized spacial score (nSPS) is 18.4. The van der Waals surface area contributed by atoms with E-state index in [1.165, 1.54) is 10.6 Å². The van der Waals surface area contributed by atoms with Crippen LogP contribution in [0.5, 0.6) is 0 Å². The van der Waals surface area contributed by atoms with Gasteiger partial charge < -0.3 is 4.90 Å². The fourth-order valence-electron chi connectivity index (χ4n) is 3.13. The average molecular weight is 342 g/mol. The number of aromatic nitrogens is 2. The smallest absolute Gasteiger partial charge is 0.247 e. The van der Waals surface area contributed by atoms with E-state index in [4.69, 9.17) is 0 Å². The Morgan fingerprint density at radius 1 is 1.35 bits per heavy atom. The molecule has 1 atom stereocenters. The van der Waals surface area contributed by atoms with E-state index in [0.29, 0.717) is 25.9 Å². The summed E-state index contributed by atoms with van der Waals surface area (Å²) < 4.78 is 26.4. The van der Waals surface area contributed by atoms with Crippen molar-refractivity contribution in [2.75, 3.05) is 26.4 Å². The maximum absolute atomic E-state index is 12.7. The van der Waals surface area contributed by atoms with Crippen LogP contribution < -0.4 is 0 Å². The molecule has 8 heteroatoms. The molecule has 0 spiro atoms. The standard InChI is InChI=1S/C15H26N4O3S/c1-11-10-12(2)19(16-11)13(3)15(20)18-8-6-14(7-9-18)17(4)23(5,21)22/h10,13-14H,6-9H2,1-5H3. The van der Waals surface area contributed by atoms with Crippen LogP contribution in [-0.4, -0.2) is 65.7 Å². The second-order valence-electron chi connectivity index (χ2n) is 6.38. The van der Waals surface area contributed by atoms with Crippen LogP contribution in [0.25, 0.3) is 0 Å². The molecule has 1 amide bonds. The fraction of sp³-hybridized carbons (Fsp3) is 0.733. The lowest BCUT2D eigenvalue weighted by atomic mass is 10.0. The highest BCUT2D eigenvalue weighted by Crippen LogP contribution is 2.21. The monoisotopic (exact) mass is 342 g/mol. The molecule has 1 unspecified atom stereocenters. The molecule has 130 valence electrons. The van der Waals surface area contributed by atoms with E-state index in [-0.39, 0.29) is 18.0 Å². The first-order valence-corrected chi connectivity index (χ1v) is 9.70. The topological polar surface area (TPSA) is 75.5 Å². The van der Waals surface area contributed by atoms with Gasteiger partial charge in [-0.15, -0.1) is 0 Å². The number of sulfonamides is 1. The van der Waals surface area contributed by atoms with Crippen LogP contribution in [0, 0.1) is 13.8 Å². The zero-order chi connectivity index (χ0) is 17.4. The van der Waals surface area contributed by atoms with Gasteiger partial charge in [-0.1, -0.05) is 0 Å². The van der Waals surface area contributed by atoms with E-state index < -0.39 is 10.0 Å². The second-order valence-corrected chi connectivity index (χ2v) is 8.43. The second kappa shape index (κ2) is 6.60. The van der Waals surface area contributed by atoms with Gasteiger partial charge in [-0.25, -0.2) is 12.7 Å². The summed E-state index contributed by atoms with van der Waals surface area (Å²) in [6, 6.07) is 1.59. The third-order valence-electron chi connectivity index (χ3n) is 4.58. The van der Waals surface area contributed by atoms with Gasteiger partial charge in [0.05, 0.1) is 11.9 Å². The number of carbonyl (C=O) groups excluding carboxylic acids is 1. The molecule has 2 heterocycles. The van der Waals surface area contributed by atoms with Gasteiger partial charge >= 0.3 is 0 Å². The van der Waals surface area contributed by atoms with Gasteiger partial charge in [0.15, 0.2) is 0 Å². The summed E-state index contributed by atoms with van der Waals surface area (Å²) in [6.45, 7) is 6.86. The summed E-state index contributed by atoms with van der Waals surface area (Å²) in [4.78, 5) is 14.5. The van der Waals surface area contributed by atoms with Gasteiger partial charge in [-0.05, 0) is 39.7 Å². The zero-order valence-electron chi connectivity index (χ0n) is 14.5. The van der Waals surface area contributed by atoms with Crippen molar-refractivity contribution in [1.29, 1.82) is 0 Å². The minimum Gasteiger partial charge on any atom is -0.341 e. The van der Waals surface area contributed by atoms with Crippen LogP contribution in [0.2, 0.25) is 0 Å². The third-order valence-corrected chi connectivity index (χ3v) is 5.93. The molecule has 2 rings (SSSR count). The molecule has 1 aromatic heterocycles. The number of likely N-dealkylation sites (tertiary alicyclic amines) is 1. The Kier molecular flexibility index (Phi) is 5.15. The van der Waals surface area contributed by atoms with E-state index in [1.807, 2.05) is 31.7 Å². The Balaban J connectivity index is 2.00. The summed E-state index contributed by atoms with van der Waals surface area (Å²) in [5, 5.41) is 4.38. The summed E-state index contributed by atoms with van der Waals surface area (Å²) in [5.41, 5.74) is 1.87. The van der Waals surface area contributed by atoms with E-state index >= 15 is 0 Å². The maximum Gasteiger partial charge on any atom is 0.247 e. The molecule has 0 aliphatic carbocycles. The molecule has 1 saturated heterocycles. The van der Waals surface area contributed by atoms with Crippen LogP contribution in [0.15, 0.2) is 6.07 Å². The molecule has 1 aliphatic rings. The Bertz CT molecular complexity index is 675. The first-order chi connectivity index (χ1) is 10.6. The van der Waals surface area contributed by atoms with Crippen molar-refractivity contribution in [2.45, 2.75) is 45.7 Å². The molecule has 7 nitrogen and oxygen atoms in total. The molecule has 1 fully saturated rings. The number of hydrogen-bond acceptors (Lipinski definition) is 4. The van der Waals surface area contributed by atoms with Crippen molar-refractivity contribution >= 4 is 15.9 Å². The number of hydrogen-bond donors (Lipinski definition) is 0. The number of rotatable bonds is 4. The van der Waals surface area contributed by atoms with Crippen molar-refractivity contribution in [3.8, 4) is 0 Å². The van der Waals surface area contributed by atoms with Crippen LogP contribution in [0.1, 0.15) is 37.2 Å². The van der Waals surface area contributed by atoms with Crippen molar-refractivity contribution in [3.05, 3.63) is 17.5 Å². The Hall–Kier alpha value is -1.41. The Labute approximate surface area is 138 Å². The lowest BCUT2D eigenvalue weighted by Crippen LogP contribution is -2.48. The van der Waals surface area contributed by atoms with E-state index in [0.717, 1.165) is 11.4 Å². The van der Waals surface area contributed by atoms with Crippen LogP contribution in [-0.2, 0) is 14.8 Å². The molecule has 0 N–H and O–H groups in total. The van der Waals surface area contributed by atoms with Gasteiger partial charge in [0.1, 0.15) is 6.04 Å². The van der Waals surface area contributed by atoms with Crippen molar-refractivity contribution in [2.24, 2.45) is 0 Å². The summed E-state index contributed by atoms with van der Waals surface area (Å²) >= 11 is 0. The third kappa shape index (κ3) is 3.92. The SMILES string of the molecule is Cc1cc(C)n(C(C)C(=O)N2CCC(N(C)S(C)(=O)=O)CC2)n1. The molecule has 0 radical (unpaired) electrons. The number of aryl methyl sites for hydroxylation is 2. The van der Waals surface area contributed by atoms with Gasteiger partial charge in [-0.2, -0.15) is 5.10 Å². The van der Waals surface area contributed by atoms with Crippen molar-refractivity contribution in [3.63, 3.8) is 0 Å². The average Bonchev–Trinajstić information content (AvgIpc) is 2.83. The molecule has 0 bridgehead atoms. The minimum atomic E-state index is -3.19. The molecule has 1 aliphatic heterocycles. The molecule has 1 aromatic rings. The molecule has 0 aromatic carbocycles. The number of piperidine rings is 1.